The lowest BCUT2D eigenvalue weighted by molar-refractivity contribution is -0.127. The summed E-state index contributed by atoms with van der Waals surface area (Å²) in [4.78, 5) is 27.5. The molecule has 2 heterocycles. The molecule has 2 fully saturated rings. The summed E-state index contributed by atoms with van der Waals surface area (Å²) in [6, 6.07) is 0.379. The Balaban J connectivity index is 1.69. The molecule has 2 saturated heterocycles. The van der Waals surface area contributed by atoms with Crippen LogP contribution in [0.25, 0.3) is 0 Å². The van der Waals surface area contributed by atoms with Gasteiger partial charge < -0.3 is 9.64 Å². The second kappa shape index (κ2) is 12.0. The van der Waals surface area contributed by atoms with E-state index in [1.807, 2.05) is 25.7 Å². The zero-order valence-electron chi connectivity index (χ0n) is 19.5. The van der Waals surface area contributed by atoms with Gasteiger partial charge in [-0.2, -0.15) is 0 Å². The smallest absolute Gasteiger partial charge is 0.410 e. The highest BCUT2D eigenvalue weighted by molar-refractivity contribution is 5.81. The summed E-state index contributed by atoms with van der Waals surface area (Å²) in [7, 11) is 0. The van der Waals surface area contributed by atoms with Gasteiger partial charge in [0.15, 0.2) is 0 Å². The van der Waals surface area contributed by atoms with E-state index in [2.05, 4.69) is 6.92 Å². The Kier molecular flexibility index (Phi) is 9.98. The molecule has 4 heteroatoms. The number of hydrogen-bond donors (Lipinski definition) is 0. The summed E-state index contributed by atoms with van der Waals surface area (Å²) in [6.45, 7) is 8.01. The number of fused-ring (bicyclic) bond motifs is 2. The summed E-state index contributed by atoms with van der Waals surface area (Å²) in [5.74, 6) is 0.590. The minimum atomic E-state index is -0.464. The SMILES string of the molecule is CCCCCCCCCCCC(=O)C1CC2CCCC(C1)N2C(=O)OC(C)(C)C. The molecule has 0 aliphatic carbocycles. The number of unbranched alkanes of at least 4 members (excludes halogenated alkanes) is 8. The number of rotatable bonds is 11. The molecule has 0 N–H and O–H groups in total. The Hall–Kier alpha value is -1.06. The topological polar surface area (TPSA) is 46.6 Å². The zero-order chi connectivity index (χ0) is 21.3. The predicted molar refractivity (Wildman–Crippen MR) is 119 cm³/mol. The van der Waals surface area contributed by atoms with Crippen LogP contribution in [0.5, 0.6) is 0 Å². The van der Waals surface area contributed by atoms with Gasteiger partial charge in [0.1, 0.15) is 11.4 Å². The van der Waals surface area contributed by atoms with Crippen LogP contribution in [-0.4, -0.2) is 34.5 Å². The quantitative estimate of drug-likeness (QED) is 0.345. The van der Waals surface area contributed by atoms with Crippen molar-refractivity contribution in [3.8, 4) is 0 Å². The lowest BCUT2D eigenvalue weighted by Crippen LogP contribution is -2.56. The molecule has 0 aromatic carbocycles. The minimum Gasteiger partial charge on any atom is -0.444 e. The molecule has 0 saturated carbocycles. The van der Waals surface area contributed by atoms with Gasteiger partial charge in [-0.15, -0.1) is 0 Å². The number of carbonyl (C=O) groups excluding carboxylic acids is 2. The predicted octanol–water partition coefficient (Wildman–Crippen LogP) is 7.04. The molecule has 168 valence electrons. The number of hydrogen-bond acceptors (Lipinski definition) is 3. The average molecular weight is 408 g/mol. The van der Waals surface area contributed by atoms with Crippen molar-refractivity contribution in [1.29, 1.82) is 0 Å². The number of nitrogens with zero attached hydrogens (tertiary/aromatic N) is 1. The largest absolute Gasteiger partial charge is 0.444 e. The Morgan fingerprint density at radius 1 is 0.862 bits per heavy atom. The van der Waals surface area contributed by atoms with Crippen LogP contribution in [0.1, 0.15) is 124 Å². The van der Waals surface area contributed by atoms with Gasteiger partial charge in [-0.25, -0.2) is 4.79 Å². The molecule has 0 spiro atoms. The van der Waals surface area contributed by atoms with Gasteiger partial charge >= 0.3 is 6.09 Å². The van der Waals surface area contributed by atoms with Crippen LogP contribution in [0, 0.1) is 5.92 Å². The van der Waals surface area contributed by atoms with E-state index in [9.17, 15) is 9.59 Å². The van der Waals surface area contributed by atoms with E-state index in [4.69, 9.17) is 4.74 Å². The highest BCUT2D eigenvalue weighted by atomic mass is 16.6. The second-order valence-electron chi connectivity index (χ2n) is 10.3. The van der Waals surface area contributed by atoms with E-state index < -0.39 is 5.60 Å². The normalized spacial score (nSPS) is 24.4. The van der Waals surface area contributed by atoms with Crippen LogP contribution in [0.3, 0.4) is 0 Å². The van der Waals surface area contributed by atoms with Crippen molar-refractivity contribution in [2.75, 3.05) is 0 Å². The molecule has 2 atom stereocenters. The van der Waals surface area contributed by atoms with Crippen LogP contribution in [0.4, 0.5) is 4.79 Å². The Morgan fingerprint density at radius 3 is 1.90 bits per heavy atom. The van der Waals surface area contributed by atoms with E-state index in [1.165, 1.54) is 51.4 Å². The van der Waals surface area contributed by atoms with Crippen LogP contribution < -0.4 is 0 Å². The third-order valence-electron chi connectivity index (χ3n) is 6.56. The number of Topliss-reactive ketones (excluding diaryl/α,β-unsaturated/α-hetero) is 1. The molecular formula is C25H45NO3. The molecule has 29 heavy (non-hydrogen) atoms. The van der Waals surface area contributed by atoms with Crippen molar-refractivity contribution in [1.82, 2.24) is 4.90 Å². The number of ketones is 1. The first-order valence-corrected chi connectivity index (χ1v) is 12.4. The van der Waals surface area contributed by atoms with Crippen LogP contribution in [0.15, 0.2) is 0 Å². The van der Waals surface area contributed by atoms with Crippen molar-refractivity contribution < 1.29 is 14.3 Å². The van der Waals surface area contributed by atoms with Crippen molar-refractivity contribution in [3.05, 3.63) is 0 Å². The highest BCUT2D eigenvalue weighted by Crippen LogP contribution is 2.38. The molecule has 0 aromatic rings. The maximum absolute atomic E-state index is 12.8. The fraction of sp³-hybridized carbons (Fsp3) is 0.920. The maximum Gasteiger partial charge on any atom is 0.410 e. The first-order valence-electron chi connectivity index (χ1n) is 12.4. The Morgan fingerprint density at radius 2 is 1.38 bits per heavy atom. The number of amides is 1. The molecule has 2 aliphatic heterocycles. The van der Waals surface area contributed by atoms with Crippen LogP contribution >= 0.6 is 0 Å². The highest BCUT2D eigenvalue weighted by Gasteiger charge is 2.44. The summed E-state index contributed by atoms with van der Waals surface area (Å²) in [5, 5.41) is 0. The van der Waals surface area contributed by atoms with E-state index in [0.29, 0.717) is 5.78 Å². The summed E-state index contributed by atoms with van der Waals surface area (Å²) in [6.07, 6.45) is 17.0. The van der Waals surface area contributed by atoms with Crippen LogP contribution in [-0.2, 0) is 9.53 Å². The number of ether oxygens (including phenoxy) is 1. The van der Waals surface area contributed by atoms with Crippen molar-refractivity contribution >= 4 is 11.9 Å². The standard InChI is InChI=1S/C25H45NO3/c1-5-6-7-8-9-10-11-12-13-17-23(27)20-18-21-15-14-16-22(19-20)26(21)24(28)29-25(2,3)4/h20-22H,5-19H2,1-4H3. The van der Waals surface area contributed by atoms with E-state index in [0.717, 1.165) is 44.9 Å². The Labute approximate surface area is 179 Å². The van der Waals surface area contributed by atoms with Gasteiger partial charge in [-0.3, -0.25) is 4.79 Å². The molecular weight excluding hydrogens is 362 g/mol. The first kappa shape index (κ1) is 24.2. The third kappa shape index (κ3) is 8.30. The molecule has 2 unspecified atom stereocenters. The van der Waals surface area contributed by atoms with Gasteiger partial charge in [0.05, 0.1) is 0 Å². The first-order chi connectivity index (χ1) is 13.8. The summed E-state index contributed by atoms with van der Waals surface area (Å²) < 4.78 is 5.64. The minimum absolute atomic E-state index is 0.151. The van der Waals surface area contributed by atoms with Gasteiger partial charge in [0, 0.05) is 24.4 Å². The van der Waals surface area contributed by atoms with E-state index in [1.54, 1.807) is 0 Å². The molecule has 0 aromatic heterocycles. The number of carbonyl (C=O) groups is 2. The summed E-state index contributed by atoms with van der Waals surface area (Å²) >= 11 is 0. The molecule has 2 rings (SSSR count). The monoisotopic (exact) mass is 407 g/mol. The molecule has 1 amide bonds. The lowest BCUT2D eigenvalue weighted by atomic mass is 9.76. The lowest BCUT2D eigenvalue weighted by Gasteiger charge is -2.48. The average Bonchev–Trinajstić information content (AvgIpc) is 2.64. The molecule has 4 nitrogen and oxygen atoms in total. The van der Waals surface area contributed by atoms with Gasteiger partial charge in [-0.05, 0) is 59.3 Å². The van der Waals surface area contributed by atoms with Crippen molar-refractivity contribution in [2.24, 2.45) is 5.92 Å². The van der Waals surface area contributed by atoms with Crippen molar-refractivity contribution in [3.63, 3.8) is 0 Å². The van der Waals surface area contributed by atoms with E-state index >= 15 is 0 Å². The van der Waals surface area contributed by atoms with Crippen molar-refractivity contribution in [2.45, 2.75) is 142 Å². The maximum atomic E-state index is 12.8. The zero-order valence-corrected chi connectivity index (χ0v) is 19.5. The van der Waals surface area contributed by atoms with Gasteiger partial charge in [-0.1, -0.05) is 58.3 Å². The Bertz CT molecular complexity index is 497. The fourth-order valence-electron chi connectivity index (χ4n) is 5.07. The summed E-state index contributed by atoms with van der Waals surface area (Å²) in [5.41, 5.74) is -0.464. The third-order valence-corrected chi connectivity index (χ3v) is 6.56. The second-order valence-corrected chi connectivity index (χ2v) is 10.3. The fourth-order valence-corrected chi connectivity index (χ4v) is 5.07. The van der Waals surface area contributed by atoms with Crippen LogP contribution in [0.2, 0.25) is 0 Å². The molecule has 2 aliphatic rings. The molecule has 0 radical (unpaired) electrons. The van der Waals surface area contributed by atoms with Gasteiger partial charge in [0.25, 0.3) is 0 Å². The van der Waals surface area contributed by atoms with Gasteiger partial charge in [0.2, 0.25) is 0 Å². The number of piperidine rings is 2. The molecule has 2 bridgehead atoms. The van der Waals surface area contributed by atoms with E-state index in [-0.39, 0.29) is 24.1 Å².